The van der Waals surface area contributed by atoms with Crippen molar-refractivity contribution in [3.05, 3.63) is 65.2 Å². The number of benzene rings is 2. The van der Waals surface area contributed by atoms with Crippen LogP contribution >= 0.6 is 35.7 Å². The van der Waals surface area contributed by atoms with Crippen molar-refractivity contribution in [1.29, 1.82) is 0 Å². The smallest absolute Gasteiger partial charge is 0.188 e. The number of halogens is 1. The van der Waals surface area contributed by atoms with E-state index in [1.807, 2.05) is 36.0 Å². The van der Waals surface area contributed by atoms with E-state index in [1.54, 1.807) is 7.11 Å². The molecule has 0 amide bonds. The van der Waals surface area contributed by atoms with Gasteiger partial charge in [-0.05, 0) is 29.4 Å². The molecule has 4 nitrogen and oxygen atoms in total. The Labute approximate surface area is 170 Å². The Morgan fingerprint density at radius 3 is 2.84 bits per heavy atom. The van der Waals surface area contributed by atoms with Crippen LogP contribution in [0.15, 0.2) is 53.5 Å². The Bertz CT molecular complexity index is 723. The van der Waals surface area contributed by atoms with Gasteiger partial charge in [0.2, 0.25) is 0 Å². The Morgan fingerprint density at radius 1 is 1.24 bits per heavy atom. The first-order valence-corrected chi connectivity index (χ1v) is 9.18. The number of aryl methyl sites for hydroxylation is 1. The molecule has 25 heavy (non-hydrogen) atoms. The van der Waals surface area contributed by atoms with E-state index in [0.717, 1.165) is 30.0 Å². The van der Waals surface area contributed by atoms with Crippen molar-refractivity contribution in [3.63, 3.8) is 0 Å². The summed E-state index contributed by atoms with van der Waals surface area (Å²) < 4.78 is 5.34. The third kappa shape index (κ3) is 5.28. The predicted molar refractivity (Wildman–Crippen MR) is 117 cm³/mol. The first-order chi connectivity index (χ1) is 11.8. The highest BCUT2D eigenvalue weighted by Crippen LogP contribution is 2.35. The van der Waals surface area contributed by atoms with Crippen molar-refractivity contribution in [3.8, 4) is 5.75 Å². The van der Waals surface area contributed by atoms with Gasteiger partial charge < -0.3 is 15.8 Å². The molecule has 1 unspecified atom stereocenters. The van der Waals surface area contributed by atoms with Gasteiger partial charge in [-0.15, -0.1) is 24.0 Å². The number of fused-ring (bicyclic) bond motifs is 1. The maximum Gasteiger partial charge on any atom is 0.188 e. The molecule has 6 heteroatoms. The molecule has 134 valence electrons. The van der Waals surface area contributed by atoms with Crippen molar-refractivity contribution in [2.45, 2.75) is 18.2 Å². The van der Waals surface area contributed by atoms with E-state index in [0.29, 0.717) is 17.8 Å². The minimum absolute atomic E-state index is 0. The fraction of sp³-hybridized carbons (Fsp3) is 0.316. The molecule has 0 radical (unpaired) electrons. The number of methoxy groups -OCH3 is 1. The molecule has 1 atom stereocenters. The highest BCUT2D eigenvalue weighted by Gasteiger charge is 2.20. The lowest BCUT2D eigenvalue weighted by Crippen LogP contribution is -2.35. The second-order valence-electron chi connectivity index (χ2n) is 5.70. The van der Waals surface area contributed by atoms with Gasteiger partial charge in [-0.25, -0.2) is 4.99 Å². The number of guanidine groups is 1. The molecule has 2 aromatic rings. The monoisotopic (exact) mass is 469 g/mol. The van der Waals surface area contributed by atoms with Crippen LogP contribution in [0.4, 0.5) is 0 Å². The quantitative estimate of drug-likeness (QED) is 0.398. The van der Waals surface area contributed by atoms with Crippen LogP contribution in [0.25, 0.3) is 0 Å². The number of aliphatic imine (C=N–C) groups is 1. The molecule has 3 rings (SSSR count). The zero-order valence-corrected chi connectivity index (χ0v) is 17.4. The third-order valence-corrected chi connectivity index (χ3v) is 5.44. The van der Waals surface area contributed by atoms with E-state index in [2.05, 4.69) is 34.6 Å². The van der Waals surface area contributed by atoms with Gasteiger partial charge in [-0.1, -0.05) is 42.5 Å². The molecule has 1 heterocycles. The number of ether oxygens (including phenoxy) is 1. The number of hydrogen-bond donors (Lipinski definition) is 2. The van der Waals surface area contributed by atoms with Gasteiger partial charge >= 0.3 is 0 Å². The Balaban J connectivity index is 0.00000225. The average Bonchev–Trinajstić information content (AvgIpc) is 2.64. The fourth-order valence-corrected chi connectivity index (χ4v) is 4.14. The van der Waals surface area contributed by atoms with Crippen LogP contribution in [-0.2, 0) is 13.0 Å². The van der Waals surface area contributed by atoms with Crippen LogP contribution in [0, 0.1) is 0 Å². The maximum absolute atomic E-state index is 6.04. The van der Waals surface area contributed by atoms with Gasteiger partial charge in [-0.3, -0.25) is 0 Å². The molecule has 0 saturated heterocycles. The molecule has 0 aliphatic carbocycles. The van der Waals surface area contributed by atoms with Gasteiger partial charge in [-0.2, -0.15) is 11.8 Å². The number of para-hydroxylation sites is 1. The standard InChI is InChI=1S/C19H23N3OS.HI/c1-23-17-9-5-3-7-15(17)12-21-19(20)22-13-18-16-8-4-2-6-14(16)10-11-24-18;/h2-9,18H,10-13H2,1H3,(H3,20,21,22);1H. The van der Waals surface area contributed by atoms with Crippen molar-refractivity contribution in [2.75, 3.05) is 19.4 Å². The third-order valence-electron chi connectivity index (χ3n) is 4.17. The van der Waals surface area contributed by atoms with Crippen molar-refractivity contribution < 1.29 is 4.74 Å². The Hall–Kier alpha value is -1.41. The molecule has 0 aromatic heterocycles. The lowest BCUT2D eigenvalue weighted by atomic mass is 10.0. The summed E-state index contributed by atoms with van der Waals surface area (Å²) in [6.45, 7) is 1.31. The van der Waals surface area contributed by atoms with Gasteiger partial charge in [0, 0.05) is 17.4 Å². The van der Waals surface area contributed by atoms with Crippen LogP contribution < -0.4 is 15.8 Å². The molecule has 0 fully saturated rings. The van der Waals surface area contributed by atoms with Gasteiger partial charge in [0.25, 0.3) is 0 Å². The number of nitrogens with two attached hydrogens (primary N) is 1. The summed E-state index contributed by atoms with van der Waals surface area (Å²) in [5, 5.41) is 3.69. The summed E-state index contributed by atoms with van der Waals surface area (Å²) in [6, 6.07) is 16.5. The summed E-state index contributed by atoms with van der Waals surface area (Å²) in [5.41, 5.74) is 9.94. The van der Waals surface area contributed by atoms with E-state index in [-0.39, 0.29) is 24.0 Å². The van der Waals surface area contributed by atoms with Crippen molar-refractivity contribution in [2.24, 2.45) is 10.7 Å². The zero-order chi connectivity index (χ0) is 16.8. The number of hydrogen-bond acceptors (Lipinski definition) is 3. The summed E-state index contributed by atoms with van der Waals surface area (Å²) in [5.74, 6) is 2.47. The second-order valence-corrected chi connectivity index (χ2v) is 7.01. The lowest BCUT2D eigenvalue weighted by molar-refractivity contribution is 0.410. The van der Waals surface area contributed by atoms with E-state index in [1.165, 1.54) is 11.1 Å². The molecule has 1 aliphatic heterocycles. The highest BCUT2D eigenvalue weighted by atomic mass is 127. The molecule has 2 aromatic carbocycles. The SMILES string of the molecule is COc1ccccc1CN=C(N)NCC1SCCc2ccccc21.I. The van der Waals surface area contributed by atoms with Gasteiger partial charge in [0.15, 0.2) is 5.96 Å². The van der Waals surface area contributed by atoms with Gasteiger partial charge in [0.1, 0.15) is 5.75 Å². The van der Waals surface area contributed by atoms with Crippen molar-refractivity contribution in [1.82, 2.24) is 5.32 Å². The first-order valence-electron chi connectivity index (χ1n) is 8.13. The van der Waals surface area contributed by atoms with Crippen LogP contribution in [-0.4, -0.2) is 25.4 Å². The van der Waals surface area contributed by atoms with Crippen LogP contribution in [0.5, 0.6) is 5.75 Å². The summed E-state index contributed by atoms with van der Waals surface area (Å²) in [4.78, 5) is 4.44. The molecule has 3 N–H and O–H groups in total. The highest BCUT2D eigenvalue weighted by molar-refractivity contribution is 14.0. The Kier molecular flexibility index (Phi) is 7.90. The maximum atomic E-state index is 6.04. The number of rotatable bonds is 5. The average molecular weight is 469 g/mol. The minimum atomic E-state index is 0. The van der Waals surface area contributed by atoms with E-state index < -0.39 is 0 Å². The van der Waals surface area contributed by atoms with Gasteiger partial charge in [0.05, 0.1) is 13.7 Å². The first kappa shape index (κ1) is 19.9. The fourth-order valence-electron chi connectivity index (χ4n) is 2.90. The number of nitrogens with one attached hydrogen (secondary N) is 1. The largest absolute Gasteiger partial charge is 0.496 e. The van der Waals surface area contributed by atoms with Crippen LogP contribution in [0.1, 0.15) is 21.9 Å². The van der Waals surface area contributed by atoms with Crippen LogP contribution in [0.2, 0.25) is 0 Å². The predicted octanol–water partition coefficient (Wildman–Crippen LogP) is 3.75. The molecule has 0 bridgehead atoms. The molecule has 0 spiro atoms. The number of thioether (sulfide) groups is 1. The molecule has 0 saturated carbocycles. The lowest BCUT2D eigenvalue weighted by Gasteiger charge is -2.25. The molecular formula is C19H24IN3OS. The second kappa shape index (κ2) is 9.91. The van der Waals surface area contributed by atoms with Crippen molar-refractivity contribution >= 4 is 41.7 Å². The zero-order valence-electron chi connectivity index (χ0n) is 14.3. The molecular weight excluding hydrogens is 445 g/mol. The summed E-state index contributed by atoms with van der Waals surface area (Å²) in [7, 11) is 1.67. The minimum Gasteiger partial charge on any atom is -0.496 e. The van der Waals surface area contributed by atoms with E-state index in [4.69, 9.17) is 10.5 Å². The topological polar surface area (TPSA) is 59.6 Å². The molecule has 1 aliphatic rings. The Morgan fingerprint density at radius 2 is 2.00 bits per heavy atom. The van der Waals surface area contributed by atoms with E-state index in [9.17, 15) is 0 Å². The summed E-state index contributed by atoms with van der Waals surface area (Å²) >= 11 is 1.98. The van der Waals surface area contributed by atoms with Crippen LogP contribution in [0.3, 0.4) is 0 Å². The normalized spacial score (nSPS) is 16.5. The van der Waals surface area contributed by atoms with E-state index >= 15 is 0 Å². The summed E-state index contributed by atoms with van der Waals surface area (Å²) in [6.07, 6.45) is 1.15. The number of nitrogens with zero attached hydrogens (tertiary/aromatic N) is 1.